The molecular weight excluding hydrogens is 296 g/mol. The molecule has 0 aromatic carbocycles. The number of likely N-dealkylation sites (tertiary alicyclic amines) is 1. The van der Waals surface area contributed by atoms with Gasteiger partial charge in [-0.3, -0.25) is 9.48 Å². The first-order valence-corrected chi connectivity index (χ1v) is 7.95. The van der Waals surface area contributed by atoms with E-state index < -0.39 is 0 Å². The molecule has 23 heavy (non-hydrogen) atoms. The van der Waals surface area contributed by atoms with Gasteiger partial charge in [0.1, 0.15) is 5.69 Å². The zero-order valence-electron chi connectivity index (χ0n) is 13.2. The van der Waals surface area contributed by atoms with Gasteiger partial charge < -0.3 is 10.0 Å². The fraction of sp³-hybridized carbons (Fsp3) is 0.600. The number of aliphatic hydroxyl groups excluding tert-OH is 1. The number of rotatable bonds is 5. The second-order valence-corrected chi connectivity index (χ2v) is 6.03. The average Bonchev–Trinajstić information content (AvgIpc) is 3.25. The van der Waals surface area contributed by atoms with E-state index in [0.29, 0.717) is 12.2 Å². The van der Waals surface area contributed by atoms with Crippen LogP contribution in [0.2, 0.25) is 0 Å². The highest BCUT2D eigenvalue weighted by molar-refractivity contribution is 5.78. The number of nitrogens with zero attached hydrogens (tertiary/aromatic N) is 6. The Bertz CT molecular complexity index is 630. The van der Waals surface area contributed by atoms with Crippen molar-refractivity contribution >= 4 is 5.91 Å². The molecule has 1 aliphatic heterocycles. The van der Waals surface area contributed by atoms with Crippen molar-refractivity contribution in [2.24, 2.45) is 5.92 Å². The Hall–Kier alpha value is -2.22. The highest BCUT2D eigenvalue weighted by atomic mass is 16.3. The molecule has 0 radical (unpaired) electrons. The van der Waals surface area contributed by atoms with Crippen LogP contribution in [0.5, 0.6) is 0 Å². The molecule has 1 fully saturated rings. The number of aliphatic hydroxyl groups is 1. The lowest BCUT2D eigenvalue weighted by Gasteiger charge is -2.33. The van der Waals surface area contributed by atoms with Crippen LogP contribution in [0, 0.1) is 5.92 Å². The van der Waals surface area contributed by atoms with Crippen LogP contribution < -0.4 is 0 Å². The van der Waals surface area contributed by atoms with Crippen LogP contribution in [0.3, 0.4) is 0 Å². The molecule has 2 aromatic heterocycles. The number of hydrogen-bond donors (Lipinski definition) is 1. The van der Waals surface area contributed by atoms with Gasteiger partial charge in [-0.1, -0.05) is 12.1 Å². The minimum Gasteiger partial charge on any atom is -0.390 e. The van der Waals surface area contributed by atoms with Gasteiger partial charge in [-0.25, -0.2) is 4.68 Å². The van der Waals surface area contributed by atoms with E-state index in [0.717, 1.165) is 25.9 Å². The third-order valence-corrected chi connectivity index (χ3v) is 4.31. The summed E-state index contributed by atoms with van der Waals surface area (Å²) in [5.41, 5.74) is 0.580. The number of carbonyl (C=O) groups excluding carboxylic acids is 1. The molecule has 1 N–H and O–H groups in total. The Morgan fingerprint density at radius 2 is 2.22 bits per heavy atom. The second-order valence-electron chi connectivity index (χ2n) is 6.03. The quantitative estimate of drug-likeness (QED) is 0.865. The van der Waals surface area contributed by atoms with Crippen LogP contribution >= 0.6 is 0 Å². The Morgan fingerprint density at radius 1 is 1.43 bits per heavy atom. The van der Waals surface area contributed by atoms with Crippen LogP contribution in [0.25, 0.3) is 0 Å². The SMILES string of the molecule is CC(Cn1cccn1)C(=O)N1CCC(n2cc(CO)nn2)CC1. The smallest absolute Gasteiger partial charge is 0.227 e. The zero-order valence-corrected chi connectivity index (χ0v) is 13.2. The van der Waals surface area contributed by atoms with Crippen molar-refractivity contribution in [2.75, 3.05) is 13.1 Å². The molecule has 2 aromatic rings. The fourth-order valence-electron chi connectivity index (χ4n) is 2.99. The van der Waals surface area contributed by atoms with Crippen LogP contribution in [-0.4, -0.2) is 53.8 Å². The van der Waals surface area contributed by atoms with Crippen molar-refractivity contribution in [3.05, 3.63) is 30.4 Å². The van der Waals surface area contributed by atoms with Gasteiger partial charge in [-0.2, -0.15) is 5.10 Å². The van der Waals surface area contributed by atoms with Gasteiger partial charge in [-0.15, -0.1) is 5.10 Å². The Labute approximate surface area is 134 Å². The van der Waals surface area contributed by atoms with Gasteiger partial charge in [0.05, 0.1) is 31.3 Å². The minimum absolute atomic E-state index is 0.0844. The standard InChI is InChI=1S/C15H22N6O2/c1-12(9-20-6-2-5-16-20)15(23)19-7-3-14(4-8-19)21-10-13(11-22)17-18-21/h2,5-6,10,12,14,22H,3-4,7-9,11H2,1H3. The van der Waals surface area contributed by atoms with Crippen molar-refractivity contribution in [1.82, 2.24) is 29.7 Å². The van der Waals surface area contributed by atoms with E-state index >= 15 is 0 Å². The molecule has 3 heterocycles. The van der Waals surface area contributed by atoms with Gasteiger partial charge in [-0.05, 0) is 18.9 Å². The van der Waals surface area contributed by atoms with Gasteiger partial charge in [0.25, 0.3) is 0 Å². The van der Waals surface area contributed by atoms with Crippen molar-refractivity contribution in [3.63, 3.8) is 0 Å². The lowest BCUT2D eigenvalue weighted by atomic mass is 10.0. The van der Waals surface area contributed by atoms with E-state index in [-0.39, 0.29) is 24.5 Å². The first kappa shape index (κ1) is 15.7. The Kier molecular flexibility index (Phi) is 4.71. The lowest BCUT2D eigenvalue weighted by molar-refractivity contribution is -0.136. The van der Waals surface area contributed by atoms with Crippen LogP contribution in [0.4, 0.5) is 0 Å². The van der Waals surface area contributed by atoms with Crippen LogP contribution in [0.15, 0.2) is 24.7 Å². The summed E-state index contributed by atoms with van der Waals surface area (Å²) in [6, 6.07) is 2.11. The fourth-order valence-corrected chi connectivity index (χ4v) is 2.99. The van der Waals surface area contributed by atoms with E-state index in [2.05, 4.69) is 15.4 Å². The average molecular weight is 318 g/mol. The van der Waals surface area contributed by atoms with E-state index in [9.17, 15) is 4.79 Å². The number of aromatic nitrogens is 5. The molecule has 1 amide bonds. The molecular formula is C15H22N6O2. The van der Waals surface area contributed by atoms with Crippen molar-refractivity contribution in [2.45, 2.75) is 39.0 Å². The van der Waals surface area contributed by atoms with E-state index in [4.69, 9.17) is 5.11 Å². The van der Waals surface area contributed by atoms with Gasteiger partial charge >= 0.3 is 0 Å². The third kappa shape index (κ3) is 3.58. The summed E-state index contributed by atoms with van der Waals surface area (Å²) in [6.45, 7) is 3.90. The van der Waals surface area contributed by atoms with Gasteiger partial charge in [0.2, 0.25) is 5.91 Å². The first-order valence-electron chi connectivity index (χ1n) is 7.95. The maximum Gasteiger partial charge on any atom is 0.227 e. The molecule has 8 heteroatoms. The monoisotopic (exact) mass is 318 g/mol. The normalized spacial score (nSPS) is 17.4. The molecule has 0 saturated carbocycles. The predicted molar refractivity (Wildman–Crippen MR) is 82.2 cm³/mol. The maximum absolute atomic E-state index is 12.5. The first-order chi connectivity index (χ1) is 11.2. The highest BCUT2D eigenvalue weighted by Gasteiger charge is 2.27. The van der Waals surface area contributed by atoms with Crippen molar-refractivity contribution < 1.29 is 9.90 Å². The summed E-state index contributed by atoms with van der Waals surface area (Å²) in [5, 5.41) is 21.2. The predicted octanol–water partition coefficient (Wildman–Crippen LogP) is 0.467. The molecule has 0 bridgehead atoms. The van der Waals surface area contributed by atoms with E-state index in [1.165, 1.54) is 0 Å². The molecule has 1 saturated heterocycles. The highest BCUT2D eigenvalue weighted by Crippen LogP contribution is 2.23. The Balaban J connectivity index is 1.52. The molecule has 124 valence electrons. The summed E-state index contributed by atoms with van der Waals surface area (Å²) >= 11 is 0. The molecule has 0 aliphatic carbocycles. The van der Waals surface area contributed by atoms with Crippen LogP contribution in [-0.2, 0) is 17.9 Å². The molecule has 1 atom stereocenters. The second kappa shape index (κ2) is 6.91. The van der Waals surface area contributed by atoms with Crippen molar-refractivity contribution in [1.29, 1.82) is 0 Å². The number of carbonyl (C=O) groups is 1. The largest absolute Gasteiger partial charge is 0.390 e. The van der Waals surface area contributed by atoms with Crippen LogP contribution in [0.1, 0.15) is 31.5 Å². The van der Waals surface area contributed by atoms with Gasteiger partial charge in [0.15, 0.2) is 0 Å². The van der Waals surface area contributed by atoms with E-state index in [1.807, 2.05) is 24.1 Å². The Morgan fingerprint density at radius 3 is 2.83 bits per heavy atom. The van der Waals surface area contributed by atoms with E-state index in [1.54, 1.807) is 21.8 Å². The van der Waals surface area contributed by atoms with Crippen molar-refractivity contribution in [3.8, 4) is 0 Å². The molecule has 3 rings (SSSR count). The molecule has 0 spiro atoms. The minimum atomic E-state index is -0.0950. The summed E-state index contributed by atoms with van der Waals surface area (Å²) in [4.78, 5) is 14.5. The maximum atomic E-state index is 12.5. The molecule has 1 aliphatic rings. The molecule has 1 unspecified atom stereocenters. The number of hydrogen-bond acceptors (Lipinski definition) is 5. The number of piperidine rings is 1. The summed E-state index contributed by atoms with van der Waals surface area (Å²) in [5.74, 6) is 0.0902. The topological polar surface area (TPSA) is 89.1 Å². The van der Waals surface area contributed by atoms with Gasteiger partial charge in [0, 0.05) is 25.5 Å². The summed E-state index contributed by atoms with van der Waals surface area (Å²) in [6.07, 6.45) is 7.09. The lowest BCUT2D eigenvalue weighted by Crippen LogP contribution is -2.42. The summed E-state index contributed by atoms with van der Waals surface area (Å²) in [7, 11) is 0. The molecule has 8 nitrogen and oxygen atoms in total. The zero-order chi connectivity index (χ0) is 16.2. The summed E-state index contributed by atoms with van der Waals surface area (Å²) < 4.78 is 3.60. The third-order valence-electron chi connectivity index (χ3n) is 4.31. The number of amides is 1.